The zero-order valence-electron chi connectivity index (χ0n) is 16.6. The minimum atomic E-state index is -0.796. The van der Waals surface area contributed by atoms with Crippen LogP contribution in [0.1, 0.15) is 32.5 Å². The summed E-state index contributed by atoms with van der Waals surface area (Å²) in [5.74, 6) is 0.891. The van der Waals surface area contributed by atoms with Crippen molar-refractivity contribution in [3.63, 3.8) is 0 Å². The number of carbonyl (C=O) groups is 1. The van der Waals surface area contributed by atoms with Crippen LogP contribution in [0.5, 0.6) is 0 Å². The number of hydrogen-bond acceptors (Lipinski definition) is 7. The van der Waals surface area contributed by atoms with Crippen molar-refractivity contribution >= 4 is 5.91 Å². The number of carbonyl (C=O) groups excluding carboxylic acids is 1. The Morgan fingerprint density at radius 2 is 2.14 bits per heavy atom. The van der Waals surface area contributed by atoms with Gasteiger partial charge >= 0.3 is 0 Å². The maximum atomic E-state index is 12.8. The maximum Gasteiger partial charge on any atom is 0.252 e. The monoisotopic (exact) mass is 385 g/mol. The quantitative estimate of drug-likeness (QED) is 0.692. The Kier molecular flexibility index (Phi) is 6.48. The van der Waals surface area contributed by atoms with Gasteiger partial charge in [-0.15, -0.1) is 0 Å². The van der Waals surface area contributed by atoms with Crippen molar-refractivity contribution < 1.29 is 9.53 Å². The molecule has 1 saturated heterocycles. The molecule has 150 valence electrons. The molecule has 1 aliphatic heterocycles. The normalized spacial score (nSPS) is 16.5. The van der Waals surface area contributed by atoms with Gasteiger partial charge < -0.3 is 10.1 Å². The molecular formula is C19H27N7O2. The van der Waals surface area contributed by atoms with Crippen LogP contribution in [-0.2, 0) is 16.1 Å². The number of hydrogen-bond donors (Lipinski definition) is 2. The lowest BCUT2D eigenvalue weighted by atomic mass is 9.90. The predicted octanol–water partition coefficient (Wildman–Crippen LogP) is 1.33. The summed E-state index contributed by atoms with van der Waals surface area (Å²) >= 11 is 0. The number of aromatic amines is 1. The molecule has 1 aliphatic rings. The second kappa shape index (κ2) is 9.03. The molecule has 9 heteroatoms. The van der Waals surface area contributed by atoms with Crippen molar-refractivity contribution in [2.45, 2.75) is 38.8 Å². The van der Waals surface area contributed by atoms with E-state index in [1.807, 2.05) is 0 Å². The van der Waals surface area contributed by atoms with E-state index in [2.05, 4.69) is 55.3 Å². The zero-order chi connectivity index (χ0) is 20.0. The van der Waals surface area contributed by atoms with Crippen LogP contribution in [0.2, 0.25) is 0 Å². The lowest BCUT2D eigenvalue weighted by Gasteiger charge is -2.39. The van der Waals surface area contributed by atoms with Crippen LogP contribution in [0.3, 0.4) is 0 Å². The Morgan fingerprint density at radius 1 is 1.36 bits per heavy atom. The maximum absolute atomic E-state index is 12.8. The van der Waals surface area contributed by atoms with Crippen LogP contribution in [0.4, 0.5) is 0 Å². The summed E-state index contributed by atoms with van der Waals surface area (Å²) in [5, 5.41) is 9.88. The van der Waals surface area contributed by atoms with Crippen molar-refractivity contribution in [1.82, 2.24) is 35.4 Å². The Balaban J connectivity index is 1.55. The number of ether oxygens (including phenoxy) is 1. The van der Waals surface area contributed by atoms with E-state index in [0.717, 1.165) is 19.6 Å². The van der Waals surface area contributed by atoms with Crippen LogP contribution in [0, 0.1) is 0 Å². The summed E-state index contributed by atoms with van der Waals surface area (Å²) in [6, 6.07) is 0. The van der Waals surface area contributed by atoms with Crippen LogP contribution in [-0.4, -0.2) is 68.3 Å². The first kappa shape index (κ1) is 20.1. The Morgan fingerprint density at radius 3 is 2.79 bits per heavy atom. The fourth-order valence-corrected chi connectivity index (χ4v) is 3.16. The van der Waals surface area contributed by atoms with Crippen LogP contribution >= 0.6 is 0 Å². The van der Waals surface area contributed by atoms with Crippen LogP contribution in [0.15, 0.2) is 30.2 Å². The largest absolute Gasteiger partial charge is 0.368 e. The molecule has 3 heterocycles. The number of H-pyrrole nitrogens is 1. The fourth-order valence-electron chi connectivity index (χ4n) is 3.16. The van der Waals surface area contributed by atoms with Crippen molar-refractivity contribution in [3.8, 4) is 11.5 Å². The number of amides is 1. The van der Waals surface area contributed by atoms with Gasteiger partial charge in [0.2, 0.25) is 5.82 Å². The third-order valence-corrected chi connectivity index (χ3v) is 4.97. The number of rotatable bonds is 7. The van der Waals surface area contributed by atoms with Gasteiger partial charge in [0.15, 0.2) is 0 Å². The topological polar surface area (TPSA) is 109 Å². The fraction of sp³-hybridized carbons (Fsp3) is 0.526. The van der Waals surface area contributed by atoms with E-state index in [9.17, 15) is 4.79 Å². The van der Waals surface area contributed by atoms with Crippen molar-refractivity contribution in [2.75, 3.05) is 26.7 Å². The number of nitrogens with zero attached hydrogens (tertiary/aromatic N) is 5. The summed E-state index contributed by atoms with van der Waals surface area (Å²) in [5.41, 5.74) is 1.08. The molecule has 1 amide bonds. The molecule has 0 spiro atoms. The van der Waals surface area contributed by atoms with E-state index in [-0.39, 0.29) is 12.5 Å². The molecule has 2 aromatic heterocycles. The van der Waals surface area contributed by atoms with Gasteiger partial charge in [0.05, 0.1) is 12.7 Å². The Hall–Kier alpha value is -2.65. The van der Waals surface area contributed by atoms with Gasteiger partial charge in [0.25, 0.3) is 5.91 Å². The highest BCUT2D eigenvalue weighted by atomic mass is 16.5. The molecule has 2 N–H and O–H groups in total. The summed E-state index contributed by atoms with van der Waals surface area (Å²) in [6.45, 7) is 6.99. The molecule has 0 atom stereocenters. The number of piperidine rings is 1. The molecule has 0 unspecified atom stereocenters. The van der Waals surface area contributed by atoms with Gasteiger partial charge in [-0.25, -0.2) is 9.97 Å². The standard InChI is InChI=1S/C19H27N7O2/c1-14(2)4-9-26-10-5-19(28-3,6-11-26)18(27)22-13-16-23-17(25-24-16)15-12-20-7-8-21-15/h4,7-8,12H,5-6,9-11,13H2,1-3H3,(H,22,27)(H,23,24,25). The zero-order valence-corrected chi connectivity index (χ0v) is 16.6. The number of methoxy groups -OCH3 is 1. The first-order valence-corrected chi connectivity index (χ1v) is 9.39. The number of nitrogens with one attached hydrogen (secondary N) is 2. The first-order chi connectivity index (χ1) is 13.5. The van der Waals surface area contributed by atoms with Crippen LogP contribution < -0.4 is 5.32 Å². The van der Waals surface area contributed by atoms with Gasteiger partial charge in [-0.2, -0.15) is 5.10 Å². The Labute approximate surface area is 164 Å². The van der Waals surface area contributed by atoms with Gasteiger partial charge in [-0.1, -0.05) is 11.6 Å². The molecule has 1 fully saturated rings. The smallest absolute Gasteiger partial charge is 0.252 e. The molecule has 3 rings (SSSR count). The molecule has 0 saturated carbocycles. The van der Waals surface area contributed by atoms with E-state index in [0.29, 0.717) is 30.2 Å². The Bertz CT molecular complexity index is 807. The second-order valence-corrected chi connectivity index (χ2v) is 7.16. The van der Waals surface area contributed by atoms with E-state index in [1.165, 1.54) is 5.57 Å². The molecule has 9 nitrogen and oxygen atoms in total. The molecule has 2 aromatic rings. The molecule has 28 heavy (non-hydrogen) atoms. The summed E-state index contributed by atoms with van der Waals surface area (Å²) in [4.78, 5) is 27.7. The number of aromatic nitrogens is 5. The average Bonchev–Trinajstić information content (AvgIpc) is 3.20. The van der Waals surface area contributed by atoms with Crippen molar-refractivity contribution in [1.29, 1.82) is 0 Å². The van der Waals surface area contributed by atoms with E-state index < -0.39 is 5.60 Å². The molecule has 0 bridgehead atoms. The third-order valence-electron chi connectivity index (χ3n) is 4.97. The van der Waals surface area contributed by atoms with E-state index in [1.54, 1.807) is 25.7 Å². The lowest BCUT2D eigenvalue weighted by molar-refractivity contribution is -0.149. The summed E-state index contributed by atoms with van der Waals surface area (Å²) < 4.78 is 5.66. The van der Waals surface area contributed by atoms with Gasteiger partial charge in [-0.3, -0.25) is 19.8 Å². The lowest BCUT2D eigenvalue weighted by Crippen LogP contribution is -2.54. The number of likely N-dealkylation sites (tertiary alicyclic amines) is 1. The molecule has 0 radical (unpaired) electrons. The number of allylic oxidation sites excluding steroid dienone is 1. The van der Waals surface area contributed by atoms with E-state index in [4.69, 9.17) is 4.74 Å². The average molecular weight is 385 g/mol. The molecule has 0 aromatic carbocycles. The van der Waals surface area contributed by atoms with Gasteiger partial charge in [0.1, 0.15) is 17.1 Å². The van der Waals surface area contributed by atoms with Crippen molar-refractivity contribution in [3.05, 3.63) is 36.1 Å². The predicted molar refractivity (Wildman–Crippen MR) is 104 cm³/mol. The summed E-state index contributed by atoms with van der Waals surface area (Å²) in [6.07, 6.45) is 8.29. The molecule has 0 aliphatic carbocycles. The van der Waals surface area contributed by atoms with E-state index >= 15 is 0 Å². The highest BCUT2D eigenvalue weighted by Gasteiger charge is 2.41. The highest BCUT2D eigenvalue weighted by molar-refractivity contribution is 5.85. The minimum Gasteiger partial charge on any atom is -0.368 e. The first-order valence-electron chi connectivity index (χ1n) is 9.39. The highest BCUT2D eigenvalue weighted by Crippen LogP contribution is 2.26. The third kappa shape index (κ3) is 4.79. The second-order valence-electron chi connectivity index (χ2n) is 7.16. The molecular weight excluding hydrogens is 358 g/mol. The van der Waals surface area contributed by atoms with Crippen LogP contribution in [0.25, 0.3) is 11.5 Å². The van der Waals surface area contributed by atoms with Gasteiger partial charge in [-0.05, 0) is 26.7 Å². The minimum absolute atomic E-state index is 0.116. The SMILES string of the molecule is COC1(C(=O)NCc2nc(-c3cnccn3)n[nH]2)CCN(CC=C(C)C)CC1. The van der Waals surface area contributed by atoms with Crippen molar-refractivity contribution in [2.24, 2.45) is 0 Å². The van der Waals surface area contributed by atoms with Gasteiger partial charge in [0, 0.05) is 39.1 Å². The summed E-state index contributed by atoms with van der Waals surface area (Å²) in [7, 11) is 1.60.